The Morgan fingerprint density at radius 1 is 1.26 bits per heavy atom. The van der Waals surface area contributed by atoms with E-state index in [0.717, 1.165) is 19.3 Å². The number of aliphatic hydroxyl groups is 1. The predicted molar refractivity (Wildman–Crippen MR) is 84.2 cm³/mol. The highest BCUT2D eigenvalue weighted by Gasteiger charge is 2.39. The molecule has 1 amide bonds. The van der Waals surface area contributed by atoms with Crippen molar-refractivity contribution in [2.75, 3.05) is 0 Å². The smallest absolute Gasteiger partial charge is 0.328 e. The SMILES string of the molecule is CC(C)OC(=O)[C@H](CCC(=O)C=N)NC(=O)C1(O)CCCCC1. The molecule has 1 fully saturated rings. The maximum absolute atomic E-state index is 12.3. The van der Waals surface area contributed by atoms with E-state index in [0.29, 0.717) is 19.1 Å². The quantitative estimate of drug-likeness (QED) is 0.456. The lowest BCUT2D eigenvalue weighted by molar-refractivity contribution is -0.155. The fraction of sp³-hybridized carbons (Fsp3) is 0.750. The number of nitrogens with one attached hydrogen (secondary N) is 2. The van der Waals surface area contributed by atoms with Gasteiger partial charge in [0.1, 0.15) is 11.6 Å². The molecule has 0 aliphatic heterocycles. The average Bonchev–Trinajstić information content (AvgIpc) is 2.50. The molecular weight excluding hydrogens is 300 g/mol. The summed E-state index contributed by atoms with van der Waals surface area (Å²) < 4.78 is 5.10. The summed E-state index contributed by atoms with van der Waals surface area (Å²) in [6.07, 6.45) is 3.56. The van der Waals surface area contributed by atoms with E-state index in [2.05, 4.69) is 5.32 Å². The Bertz CT molecular complexity index is 455. The van der Waals surface area contributed by atoms with Gasteiger partial charge in [0.25, 0.3) is 5.91 Å². The van der Waals surface area contributed by atoms with Crippen LogP contribution in [0.4, 0.5) is 0 Å². The fourth-order valence-corrected chi connectivity index (χ4v) is 2.58. The minimum atomic E-state index is -1.46. The van der Waals surface area contributed by atoms with E-state index in [1.54, 1.807) is 13.8 Å². The van der Waals surface area contributed by atoms with Crippen LogP contribution in [0.1, 0.15) is 58.8 Å². The number of hydrogen-bond donors (Lipinski definition) is 3. The number of Topliss-reactive ketones (excluding diaryl/α,β-unsaturated/α-hetero) is 1. The van der Waals surface area contributed by atoms with Crippen molar-refractivity contribution < 1.29 is 24.2 Å². The molecule has 1 saturated carbocycles. The van der Waals surface area contributed by atoms with Crippen LogP contribution >= 0.6 is 0 Å². The third kappa shape index (κ3) is 6.09. The lowest BCUT2D eigenvalue weighted by Crippen LogP contribution is -2.53. The second kappa shape index (κ2) is 8.76. The first-order valence-corrected chi connectivity index (χ1v) is 8.05. The molecule has 23 heavy (non-hydrogen) atoms. The Morgan fingerprint density at radius 2 is 1.87 bits per heavy atom. The molecule has 0 spiro atoms. The lowest BCUT2D eigenvalue weighted by atomic mass is 9.84. The number of carbonyl (C=O) groups is 3. The van der Waals surface area contributed by atoms with Crippen molar-refractivity contribution in [1.82, 2.24) is 5.32 Å². The Kier molecular flexibility index (Phi) is 7.35. The molecular formula is C16H26N2O5. The van der Waals surface area contributed by atoms with Crippen molar-refractivity contribution in [3.8, 4) is 0 Å². The molecule has 3 N–H and O–H groups in total. The highest BCUT2D eigenvalue weighted by molar-refractivity contribution is 6.26. The van der Waals surface area contributed by atoms with Crippen LogP contribution in [0.2, 0.25) is 0 Å². The maximum atomic E-state index is 12.3. The van der Waals surface area contributed by atoms with Gasteiger partial charge in [-0.1, -0.05) is 19.3 Å². The lowest BCUT2D eigenvalue weighted by Gasteiger charge is -2.32. The molecule has 0 aromatic rings. The second-order valence-electron chi connectivity index (χ2n) is 6.25. The summed E-state index contributed by atoms with van der Waals surface area (Å²) >= 11 is 0. The van der Waals surface area contributed by atoms with Gasteiger partial charge in [-0.25, -0.2) is 4.79 Å². The third-order valence-electron chi connectivity index (χ3n) is 3.89. The van der Waals surface area contributed by atoms with Crippen LogP contribution in [0.25, 0.3) is 0 Å². The van der Waals surface area contributed by atoms with Crippen LogP contribution in [0, 0.1) is 5.41 Å². The molecule has 1 aliphatic carbocycles. The average molecular weight is 326 g/mol. The molecule has 7 heteroatoms. The minimum Gasteiger partial charge on any atom is -0.461 e. The number of esters is 1. The van der Waals surface area contributed by atoms with Crippen LogP contribution in [-0.4, -0.2) is 46.7 Å². The van der Waals surface area contributed by atoms with Crippen molar-refractivity contribution in [3.05, 3.63) is 0 Å². The zero-order valence-corrected chi connectivity index (χ0v) is 13.8. The van der Waals surface area contributed by atoms with E-state index in [1.807, 2.05) is 0 Å². The van der Waals surface area contributed by atoms with Crippen LogP contribution < -0.4 is 5.32 Å². The highest BCUT2D eigenvalue weighted by atomic mass is 16.5. The van der Waals surface area contributed by atoms with Gasteiger partial charge in [0, 0.05) is 6.42 Å². The van der Waals surface area contributed by atoms with Crippen molar-refractivity contribution >= 4 is 23.9 Å². The zero-order valence-electron chi connectivity index (χ0n) is 13.8. The van der Waals surface area contributed by atoms with Gasteiger partial charge in [-0.15, -0.1) is 0 Å². The first-order chi connectivity index (χ1) is 10.8. The van der Waals surface area contributed by atoms with Gasteiger partial charge in [-0.05, 0) is 33.1 Å². The fourth-order valence-electron chi connectivity index (χ4n) is 2.58. The van der Waals surface area contributed by atoms with E-state index < -0.39 is 29.3 Å². The maximum Gasteiger partial charge on any atom is 0.328 e. The van der Waals surface area contributed by atoms with Crippen molar-refractivity contribution in [1.29, 1.82) is 5.41 Å². The van der Waals surface area contributed by atoms with Crippen LogP contribution in [0.3, 0.4) is 0 Å². The Balaban J connectivity index is 2.73. The summed E-state index contributed by atoms with van der Waals surface area (Å²) in [5.41, 5.74) is -1.46. The summed E-state index contributed by atoms with van der Waals surface area (Å²) in [6, 6.07) is -1.00. The summed E-state index contributed by atoms with van der Waals surface area (Å²) in [5, 5.41) is 19.8. The standard InChI is InChI=1S/C16H26N2O5/c1-11(2)23-14(20)13(7-6-12(19)10-17)18-15(21)16(22)8-4-3-5-9-16/h10-11,13,17,22H,3-9H2,1-2H3,(H,18,21)/t13-/m0/s1. The van der Waals surface area contributed by atoms with Gasteiger partial charge >= 0.3 is 5.97 Å². The molecule has 1 atom stereocenters. The second-order valence-corrected chi connectivity index (χ2v) is 6.25. The monoisotopic (exact) mass is 326 g/mol. The molecule has 1 aliphatic rings. The van der Waals surface area contributed by atoms with Gasteiger partial charge in [0.05, 0.1) is 12.3 Å². The van der Waals surface area contributed by atoms with Gasteiger partial charge in [-0.3, -0.25) is 9.59 Å². The van der Waals surface area contributed by atoms with E-state index >= 15 is 0 Å². The molecule has 0 saturated heterocycles. The molecule has 7 nitrogen and oxygen atoms in total. The number of hydrogen-bond acceptors (Lipinski definition) is 6. The molecule has 0 aromatic heterocycles. The largest absolute Gasteiger partial charge is 0.461 e. The Morgan fingerprint density at radius 3 is 2.39 bits per heavy atom. The first kappa shape index (κ1) is 19.3. The molecule has 0 aromatic carbocycles. The van der Waals surface area contributed by atoms with Gasteiger partial charge in [0.15, 0.2) is 5.78 Å². The minimum absolute atomic E-state index is 0.0416. The van der Waals surface area contributed by atoms with Crippen LogP contribution in [0.5, 0.6) is 0 Å². The van der Waals surface area contributed by atoms with Crippen molar-refractivity contribution in [3.63, 3.8) is 0 Å². The molecule has 0 heterocycles. The Labute approximate surface area is 136 Å². The number of rotatable bonds is 8. The van der Waals surface area contributed by atoms with Crippen LogP contribution in [0.15, 0.2) is 0 Å². The summed E-state index contributed by atoms with van der Waals surface area (Å²) in [5.74, 6) is -1.66. The van der Waals surface area contributed by atoms with Gasteiger partial charge < -0.3 is 20.6 Å². The third-order valence-corrected chi connectivity index (χ3v) is 3.89. The predicted octanol–water partition coefficient (Wildman–Crippen LogP) is 1.12. The van der Waals surface area contributed by atoms with Crippen molar-refractivity contribution in [2.45, 2.75) is 76.5 Å². The summed E-state index contributed by atoms with van der Waals surface area (Å²) in [6.45, 7) is 3.38. The number of carbonyl (C=O) groups excluding carboxylic acids is 3. The summed E-state index contributed by atoms with van der Waals surface area (Å²) in [4.78, 5) is 35.7. The van der Waals surface area contributed by atoms with Gasteiger partial charge in [-0.2, -0.15) is 0 Å². The topological polar surface area (TPSA) is 117 Å². The van der Waals surface area contributed by atoms with E-state index in [4.69, 9.17) is 10.1 Å². The normalized spacial score (nSPS) is 18.1. The van der Waals surface area contributed by atoms with Crippen molar-refractivity contribution in [2.24, 2.45) is 0 Å². The summed E-state index contributed by atoms with van der Waals surface area (Å²) in [7, 11) is 0. The van der Waals surface area contributed by atoms with Gasteiger partial charge in [0.2, 0.25) is 0 Å². The molecule has 0 unspecified atom stereocenters. The first-order valence-electron chi connectivity index (χ1n) is 8.05. The van der Waals surface area contributed by atoms with E-state index in [-0.39, 0.29) is 18.9 Å². The number of amides is 1. The Hall–Kier alpha value is -1.76. The molecule has 0 bridgehead atoms. The number of ketones is 1. The molecule has 0 radical (unpaired) electrons. The molecule has 130 valence electrons. The zero-order chi connectivity index (χ0) is 17.5. The van der Waals surface area contributed by atoms with Crippen LogP contribution in [-0.2, 0) is 19.1 Å². The van der Waals surface area contributed by atoms with E-state index in [1.165, 1.54) is 0 Å². The number of ether oxygens (including phenoxy) is 1. The van der Waals surface area contributed by atoms with E-state index in [9.17, 15) is 19.5 Å². The highest BCUT2D eigenvalue weighted by Crippen LogP contribution is 2.28. The molecule has 1 rings (SSSR count).